The van der Waals surface area contributed by atoms with Crippen molar-refractivity contribution in [1.29, 1.82) is 0 Å². The van der Waals surface area contributed by atoms with Crippen LogP contribution in [0.3, 0.4) is 0 Å². The van der Waals surface area contributed by atoms with E-state index < -0.39 is 59.8 Å². The standard InChI is InChI=1S/C57H94O12S/c1-3-5-7-9-11-13-15-17-19-21-23-25-26-27-28-30-32-34-36-38-40-42-44-46-53(59)67-51(50-66-57-55(61)56(69-70(62,63)64)54(60)52(48-58)68-57)49-65-47-45-43-41-39-37-35-33-31-29-24-22-20-18-16-14-12-10-8-6-4-2/h5-8,11-14,17-20,23-25,29,33,35,51-52,54-58,60-61H,3-4,9-10,15-16,21-22,26-28,30-32,34,36-50H2,1-2H3,(H,62,63,64)/b7-5-,8-6-,13-11-,14-12-,19-17-,20-18-,25-23-,29-24-,35-33-. The molecule has 6 unspecified atom stereocenters. The van der Waals surface area contributed by atoms with Crippen molar-refractivity contribution < 1.29 is 56.2 Å². The van der Waals surface area contributed by atoms with Crippen molar-refractivity contribution in [2.75, 3.05) is 26.4 Å². The summed E-state index contributed by atoms with van der Waals surface area (Å²) in [6.45, 7) is 3.69. The maximum atomic E-state index is 12.9. The smallest absolute Gasteiger partial charge is 0.397 e. The van der Waals surface area contributed by atoms with Crippen molar-refractivity contribution in [2.45, 2.75) is 218 Å². The Morgan fingerprint density at radius 1 is 0.543 bits per heavy atom. The third-order valence-corrected chi connectivity index (χ3v) is 11.9. The van der Waals surface area contributed by atoms with E-state index in [1.807, 2.05) is 0 Å². The first-order valence-electron chi connectivity index (χ1n) is 26.6. The molecule has 0 aliphatic carbocycles. The van der Waals surface area contributed by atoms with Gasteiger partial charge in [0.2, 0.25) is 0 Å². The minimum absolute atomic E-state index is 0.00995. The van der Waals surface area contributed by atoms with E-state index in [2.05, 4.69) is 127 Å². The molecular formula is C57H94O12S. The van der Waals surface area contributed by atoms with Gasteiger partial charge in [-0.15, -0.1) is 0 Å². The van der Waals surface area contributed by atoms with Crippen LogP contribution in [-0.2, 0) is 38.3 Å². The molecule has 0 radical (unpaired) electrons. The van der Waals surface area contributed by atoms with Gasteiger partial charge in [0.25, 0.3) is 0 Å². The first-order chi connectivity index (χ1) is 34.1. The minimum Gasteiger partial charge on any atom is -0.457 e. The van der Waals surface area contributed by atoms with E-state index >= 15 is 0 Å². The number of aliphatic hydroxyl groups is 3. The van der Waals surface area contributed by atoms with Crippen LogP contribution in [0, 0.1) is 0 Å². The van der Waals surface area contributed by atoms with E-state index in [9.17, 15) is 33.1 Å². The van der Waals surface area contributed by atoms with E-state index in [1.54, 1.807) is 0 Å². The van der Waals surface area contributed by atoms with Gasteiger partial charge in [0.1, 0.15) is 30.5 Å². The lowest BCUT2D eigenvalue weighted by Crippen LogP contribution is -2.60. The Morgan fingerprint density at radius 3 is 1.37 bits per heavy atom. The molecule has 12 nitrogen and oxygen atoms in total. The van der Waals surface area contributed by atoms with E-state index in [0.29, 0.717) is 13.0 Å². The van der Waals surface area contributed by atoms with E-state index in [0.717, 1.165) is 116 Å². The van der Waals surface area contributed by atoms with Gasteiger partial charge in [-0.1, -0.05) is 187 Å². The van der Waals surface area contributed by atoms with Crippen LogP contribution >= 0.6 is 0 Å². The number of carbonyl (C=O) groups is 1. The van der Waals surface area contributed by atoms with Gasteiger partial charge in [-0.2, -0.15) is 8.42 Å². The number of hydrogen-bond acceptors (Lipinski definition) is 11. The molecule has 1 rings (SSSR count). The van der Waals surface area contributed by atoms with Crippen molar-refractivity contribution in [3.63, 3.8) is 0 Å². The zero-order valence-corrected chi connectivity index (χ0v) is 43.8. The second-order valence-corrected chi connectivity index (χ2v) is 18.7. The number of rotatable bonds is 45. The van der Waals surface area contributed by atoms with Gasteiger partial charge in [0.05, 0.1) is 19.8 Å². The fourth-order valence-electron chi connectivity index (χ4n) is 7.45. The molecule has 4 N–H and O–H groups in total. The van der Waals surface area contributed by atoms with Gasteiger partial charge in [-0.3, -0.25) is 9.35 Å². The Labute approximate surface area is 424 Å². The third kappa shape index (κ3) is 39.4. The molecule has 13 heteroatoms. The van der Waals surface area contributed by atoms with Crippen LogP contribution in [0.2, 0.25) is 0 Å². The van der Waals surface area contributed by atoms with E-state index in [-0.39, 0.29) is 19.6 Å². The lowest BCUT2D eigenvalue weighted by molar-refractivity contribution is -0.301. The molecule has 1 aliphatic heterocycles. The SMILES string of the molecule is CC/C=C\C/C=C\C/C=C\C/C=C\C/C=C\CCCCCCOCC(COC1OC(CO)C(O)C(OS(=O)(=O)O)C1O)OC(=O)CCCCCCCCCCCC/C=C\C/C=C\C/C=C\C/C=C\CC. The highest BCUT2D eigenvalue weighted by Gasteiger charge is 2.48. The van der Waals surface area contributed by atoms with E-state index in [4.69, 9.17) is 18.9 Å². The molecule has 1 fully saturated rings. The second-order valence-electron chi connectivity index (χ2n) is 17.7. The summed E-state index contributed by atoms with van der Waals surface area (Å²) in [4.78, 5) is 12.9. The summed E-state index contributed by atoms with van der Waals surface area (Å²) in [7, 11) is -5.08. The van der Waals surface area contributed by atoms with Gasteiger partial charge < -0.3 is 34.3 Å². The van der Waals surface area contributed by atoms with Gasteiger partial charge in [-0.05, 0) is 96.3 Å². The van der Waals surface area contributed by atoms with Crippen LogP contribution in [0.1, 0.15) is 181 Å². The van der Waals surface area contributed by atoms with Crippen molar-refractivity contribution >= 4 is 16.4 Å². The number of ether oxygens (including phenoxy) is 4. The fourth-order valence-corrected chi connectivity index (χ4v) is 7.96. The molecule has 0 spiro atoms. The lowest BCUT2D eigenvalue weighted by atomic mass is 9.99. The molecule has 1 aliphatic rings. The van der Waals surface area contributed by atoms with Crippen LogP contribution in [0.25, 0.3) is 0 Å². The second kappa shape index (κ2) is 46.8. The summed E-state index contributed by atoms with van der Waals surface area (Å²) < 4.78 is 59.3. The Morgan fingerprint density at radius 2 is 0.943 bits per heavy atom. The van der Waals surface area contributed by atoms with Gasteiger partial charge in [0, 0.05) is 13.0 Å². The maximum absolute atomic E-state index is 12.9. The number of aliphatic hydroxyl groups excluding tert-OH is 3. The van der Waals surface area contributed by atoms with Gasteiger partial charge in [0.15, 0.2) is 6.29 Å². The summed E-state index contributed by atoms with van der Waals surface area (Å²) in [5, 5.41) is 30.8. The number of unbranched alkanes of at least 4 members (excludes halogenated alkanes) is 14. The van der Waals surface area contributed by atoms with Crippen molar-refractivity contribution in [3.8, 4) is 0 Å². The summed E-state index contributed by atoms with van der Waals surface area (Å²) >= 11 is 0. The monoisotopic (exact) mass is 1000 g/mol. The topological polar surface area (TPSA) is 178 Å². The molecular weight excluding hydrogens is 909 g/mol. The average molecular weight is 1000 g/mol. The Hall–Kier alpha value is -3.24. The molecule has 1 heterocycles. The fraction of sp³-hybridized carbons (Fsp3) is 0.667. The summed E-state index contributed by atoms with van der Waals surface area (Å²) in [6, 6.07) is 0. The molecule has 0 amide bonds. The van der Waals surface area contributed by atoms with Crippen molar-refractivity contribution in [1.82, 2.24) is 0 Å². The van der Waals surface area contributed by atoms with Crippen LogP contribution in [0.4, 0.5) is 0 Å². The quantitative estimate of drug-likeness (QED) is 0.0197. The third-order valence-electron chi connectivity index (χ3n) is 11.4. The normalized spacial score (nSPS) is 20.0. The largest absolute Gasteiger partial charge is 0.457 e. The molecule has 0 aromatic rings. The Balaban J connectivity index is 2.37. The minimum atomic E-state index is -5.08. The highest BCUT2D eigenvalue weighted by molar-refractivity contribution is 7.80. The first kappa shape index (κ1) is 64.8. The molecule has 400 valence electrons. The highest BCUT2D eigenvalue weighted by Crippen LogP contribution is 2.26. The molecule has 0 aromatic heterocycles. The Kier molecular flexibility index (Phi) is 43.3. The zero-order chi connectivity index (χ0) is 51.0. The Bertz CT molecular complexity index is 1630. The summed E-state index contributed by atoms with van der Waals surface area (Å²) in [5.74, 6) is -0.418. The van der Waals surface area contributed by atoms with Crippen LogP contribution in [0.5, 0.6) is 0 Å². The number of allylic oxidation sites excluding steroid dienone is 18. The zero-order valence-electron chi connectivity index (χ0n) is 43.0. The molecule has 70 heavy (non-hydrogen) atoms. The predicted molar refractivity (Wildman–Crippen MR) is 284 cm³/mol. The van der Waals surface area contributed by atoms with Gasteiger partial charge >= 0.3 is 16.4 Å². The van der Waals surface area contributed by atoms with Gasteiger partial charge in [-0.25, -0.2) is 4.18 Å². The highest BCUT2D eigenvalue weighted by atomic mass is 32.3. The molecule has 0 bridgehead atoms. The van der Waals surface area contributed by atoms with E-state index in [1.165, 1.54) is 38.5 Å². The van der Waals surface area contributed by atoms with Crippen molar-refractivity contribution in [3.05, 3.63) is 109 Å². The average Bonchev–Trinajstić information content (AvgIpc) is 3.34. The van der Waals surface area contributed by atoms with Crippen LogP contribution < -0.4 is 0 Å². The van der Waals surface area contributed by atoms with Crippen molar-refractivity contribution in [2.24, 2.45) is 0 Å². The summed E-state index contributed by atoms with van der Waals surface area (Å²) in [5.41, 5.74) is 0. The molecule has 1 saturated heterocycles. The molecule has 0 saturated carbocycles. The summed E-state index contributed by atoms with van der Waals surface area (Å²) in [6.07, 6.45) is 56.9. The number of hydrogen-bond donors (Lipinski definition) is 4. The first-order valence-corrected chi connectivity index (χ1v) is 28.0. The number of esters is 1. The predicted octanol–water partition coefficient (Wildman–Crippen LogP) is 12.7. The maximum Gasteiger partial charge on any atom is 0.397 e. The van der Waals surface area contributed by atoms with Crippen LogP contribution in [-0.4, -0.2) is 97.5 Å². The molecule has 6 atom stereocenters. The molecule has 0 aromatic carbocycles. The number of carbonyl (C=O) groups excluding carboxylic acids is 1. The van der Waals surface area contributed by atoms with Crippen LogP contribution in [0.15, 0.2) is 109 Å². The lowest BCUT2D eigenvalue weighted by Gasteiger charge is -2.41.